The summed E-state index contributed by atoms with van der Waals surface area (Å²) in [4.78, 5) is 11.4. The second-order valence-corrected chi connectivity index (χ2v) is 5.77. The molecule has 2 fully saturated rings. The van der Waals surface area contributed by atoms with Gasteiger partial charge in [-0.1, -0.05) is 20.8 Å². The molecule has 0 N–H and O–H groups in total. The van der Waals surface area contributed by atoms with Crippen LogP contribution in [0.15, 0.2) is 0 Å². The van der Waals surface area contributed by atoms with Crippen LogP contribution in [-0.4, -0.2) is 37.5 Å². The predicted octanol–water partition coefficient (Wildman–Crippen LogP) is 1.52. The van der Waals surface area contributed by atoms with E-state index < -0.39 is 0 Å². The zero-order valence-electron chi connectivity index (χ0n) is 10.4. The predicted molar refractivity (Wildman–Crippen MR) is 58.0 cm³/mol. The molecule has 0 bridgehead atoms. The number of carbonyl (C=O) groups is 1. The van der Waals surface area contributed by atoms with Crippen LogP contribution >= 0.6 is 0 Å². The van der Waals surface area contributed by atoms with Gasteiger partial charge in [0.1, 0.15) is 5.60 Å². The van der Waals surface area contributed by atoms with Crippen LogP contribution in [0, 0.1) is 5.41 Å². The van der Waals surface area contributed by atoms with E-state index in [1.165, 1.54) is 7.11 Å². The Labute approximate surface area is 96.2 Å². The van der Waals surface area contributed by atoms with Crippen molar-refractivity contribution in [2.45, 2.75) is 51.4 Å². The summed E-state index contributed by atoms with van der Waals surface area (Å²) in [6.45, 7) is 7.10. The minimum absolute atomic E-state index is 0.0834. The first-order chi connectivity index (χ1) is 7.39. The lowest BCUT2D eigenvalue weighted by molar-refractivity contribution is -0.142. The Bertz CT molecular complexity index is 294. The third kappa shape index (κ3) is 1.96. The normalized spacial score (nSPS) is 38.5. The Morgan fingerprint density at radius 1 is 1.44 bits per heavy atom. The molecule has 0 aliphatic carbocycles. The van der Waals surface area contributed by atoms with Gasteiger partial charge in [-0.25, -0.2) is 4.79 Å². The molecule has 4 nitrogen and oxygen atoms in total. The lowest BCUT2D eigenvalue weighted by atomic mass is 9.80. The van der Waals surface area contributed by atoms with Gasteiger partial charge in [0.2, 0.25) is 0 Å². The first-order valence-electron chi connectivity index (χ1n) is 5.76. The fraction of sp³-hybridized carbons (Fsp3) is 0.917. The molecule has 16 heavy (non-hydrogen) atoms. The van der Waals surface area contributed by atoms with Crippen molar-refractivity contribution in [3.05, 3.63) is 0 Å². The number of carbonyl (C=O) groups excluding carboxylic acids is 1. The van der Waals surface area contributed by atoms with Crippen molar-refractivity contribution in [1.29, 1.82) is 0 Å². The number of hydrogen-bond acceptors (Lipinski definition) is 4. The molecule has 3 unspecified atom stereocenters. The minimum Gasteiger partial charge on any atom is -0.467 e. The van der Waals surface area contributed by atoms with Crippen molar-refractivity contribution in [3.63, 3.8) is 0 Å². The Balaban J connectivity index is 2.02. The largest absolute Gasteiger partial charge is 0.467 e. The van der Waals surface area contributed by atoms with Crippen molar-refractivity contribution in [2.24, 2.45) is 5.41 Å². The maximum Gasteiger partial charge on any atom is 0.338 e. The van der Waals surface area contributed by atoms with E-state index in [-0.39, 0.29) is 29.2 Å². The van der Waals surface area contributed by atoms with E-state index in [2.05, 4.69) is 20.8 Å². The van der Waals surface area contributed by atoms with Gasteiger partial charge in [0, 0.05) is 19.4 Å². The number of epoxide rings is 1. The average molecular weight is 228 g/mol. The summed E-state index contributed by atoms with van der Waals surface area (Å²) in [5, 5.41) is 0. The molecule has 2 saturated heterocycles. The summed E-state index contributed by atoms with van der Waals surface area (Å²) in [7, 11) is 1.40. The number of ether oxygens (including phenoxy) is 3. The lowest BCUT2D eigenvalue weighted by Crippen LogP contribution is -2.41. The zero-order valence-corrected chi connectivity index (χ0v) is 10.4. The van der Waals surface area contributed by atoms with Crippen LogP contribution in [-0.2, 0) is 19.0 Å². The number of hydrogen-bond donors (Lipinski definition) is 0. The van der Waals surface area contributed by atoms with Gasteiger partial charge in [0.15, 0.2) is 6.10 Å². The molecule has 1 spiro atoms. The lowest BCUT2D eigenvalue weighted by Gasteiger charge is -2.36. The average Bonchev–Trinajstić information content (AvgIpc) is 2.90. The molecule has 0 amide bonds. The maximum atomic E-state index is 11.4. The van der Waals surface area contributed by atoms with Gasteiger partial charge in [0.05, 0.1) is 13.2 Å². The zero-order chi connectivity index (χ0) is 12.0. The number of rotatable bonds is 1. The molecule has 2 aliphatic heterocycles. The second-order valence-electron chi connectivity index (χ2n) is 5.77. The highest BCUT2D eigenvalue weighted by atomic mass is 16.7. The Kier molecular flexibility index (Phi) is 2.75. The topological polar surface area (TPSA) is 48.1 Å². The second kappa shape index (κ2) is 3.70. The molecule has 3 atom stereocenters. The van der Waals surface area contributed by atoms with Crippen LogP contribution in [0.4, 0.5) is 0 Å². The minimum atomic E-state index is -0.369. The first kappa shape index (κ1) is 11.9. The quantitative estimate of drug-likeness (QED) is 0.504. The summed E-state index contributed by atoms with van der Waals surface area (Å²) in [5.41, 5.74) is -0.219. The van der Waals surface area contributed by atoms with E-state index in [1.807, 2.05) is 0 Å². The van der Waals surface area contributed by atoms with E-state index in [0.29, 0.717) is 6.61 Å². The molecular weight excluding hydrogens is 208 g/mol. The molecule has 2 heterocycles. The molecule has 2 rings (SSSR count). The van der Waals surface area contributed by atoms with Crippen LogP contribution in [0.2, 0.25) is 0 Å². The molecule has 0 aromatic carbocycles. The molecule has 2 aliphatic rings. The summed E-state index contributed by atoms with van der Waals surface area (Å²) in [6.07, 6.45) is 1.36. The van der Waals surface area contributed by atoms with Crippen molar-refractivity contribution >= 4 is 5.97 Å². The Morgan fingerprint density at radius 3 is 2.69 bits per heavy atom. The molecule has 0 saturated carbocycles. The highest BCUT2D eigenvalue weighted by Gasteiger charge is 2.63. The molecule has 0 aromatic rings. The van der Waals surface area contributed by atoms with Crippen LogP contribution in [0.1, 0.15) is 33.6 Å². The fourth-order valence-electron chi connectivity index (χ4n) is 2.32. The fourth-order valence-corrected chi connectivity index (χ4v) is 2.32. The van der Waals surface area contributed by atoms with E-state index in [9.17, 15) is 4.79 Å². The third-order valence-electron chi connectivity index (χ3n) is 3.53. The van der Waals surface area contributed by atoms with E-state index in [4.69, 9.17) is 14.2 Å². The first-order valence-corrected chi connectivity index (χ1v) is 5.76. The summed E-state index contributed by atoms with van der Waals surface area (Å²) >= 11 is 0. The molecule has 92 valence electrons. The number of methoxy groups -OCH3 is 1. The third-order valence-corrected chi connectivity index (χ3v) is 3.53. The van der Waals surface area contributed by atoms with Crippen molar-refractivity contribution in [3.8, 4) is 0 Å². The molecule has 0 radical (unpaired) electrons. The molecular formula is C12H20O4. The van der Waals surface area contributed by atoms with E-state index in [1.54, 1.807) is 0 Å². The van der Waals surface area contributed by atoms with Gasteiger partial charge in [0.25, 0.3) is 0 Å². The van der Waals surface area contributed by atoms with Gasteiger partial charge in [-0.05, 0) is 5.41 Å². The van der Waals surface area contributed by atoms with Crippen LogP contribution in [0.5, 0.6) is 0 Å². The monoisotopic (exact) mass is 228 g/mol. The standard InChI is InChI=1S/C12H20O4/c1-11(2,3)8-7-12(5-6-15-8)9(16-12)10(13)14-4/h8-9H,5-7H2,1-4H3. The highest BCUT2D eigenvalue weighted by Crippen LogP contribution is 2.49. The summed E-state index contributed by atoms with van der Waals surface area (Å²) < 4.78 is 16.0. The maximum absolute atomic E-state index is 11.4. The Hall–Kier alpha value is -0.610. The van der Waals surface area contributed by atoms with Crippen LogP contribution < -0.4 is 0 Å². The summed E-state index contributed by atoms with van der Waals surface area (Å²) in [5.74, 6) is -0.255. The number of esters is 1. The van der Waals surface area contributed by atoms with Crippen LogP contribution in [0.3, 0.4) is 0 Å². The smallest absolute Gasteiger partial charge is 0.338 e. The molecule has 4 heteroatoms. The van der Waals surface area contributed by atoms with Crippen LogP contribution in [0.25, 0.3) is 0 Å². The van der Waals surface area contributed by atoms with E-state index >= 15 is 0 Å². The molecule has 0 aromatic heterocycles. The highest BCUT2D eigenvalue weighted by molar-refractivity contribution is 5.79. The SMILES string of the molecule is COC(=O)C1OC12CCOC(C(C)(C)C)C2. The van der Waals surface area contributed by atoms with Gasteiger partial charge in [-0.15, -0.1) is 0 Å². The Morgan fingerprint density at radius 2 is 2.12 bits per heavy atom. The summed E-state index contributed by atoms with van der Waals surface area (Å²) in [6, 6.07) is 0. The van der Waals surface area contributed by atoms with Crippen molar-refractivity contribution < 1.29 is 19.0 Å². The van der Waals surface area contributed by atoms with Gasteiger partial charge < -0.3 is 14.2 Å². The van der Waals surface area contributed by atoms with Gasteiger partial charge >= 0.3 is 5.97 Å². The van der Waals surface area contributed by atoms with Gasteiger partial charge in [-0.2, -0.15) is 0 Å². The van der Waals surface area contributed by atoms with E-state index in [0.717, 1.165) is 12.8 Å². The van der Waals surface area contributed by atoms with Crippen molar-refractivity contribution in [2.75, 3.05) is 13.7 Å². The van der Waals surface area contributed by atoms with Crippen molar-refractivity contribution in [1.82, 2.24) is 0 Å². The van der Waals surface area contributed by atoms with Gasteiger partial charge in [-0.3, -0.25) is 0 Å².